The van der Waals surface area contributed by atoms with Crippen molar-refractivity contribution in [2.75, 3.05) is 0 Å². The van der Waals surface area contributed by atoms with Gasteiger partial charge in [-0.2, -0.15) is 5.10 Å². The van der Waals surface area contributed by atoms with E-state index in [0.29, 0.717) is 23.2 Å². The van der Waals surface area contributed by atoms with Crippen LogP contribution in [0.25, 0.3) is 16.7 Å². The summed E-state index contributed by atoms with van der Waals surface area (Å²) in [5, 5.41) is 14.0. The SMILES string of the molecule is CCc1nn(-c2ccc(F)cc2)c2[nH]c(=O)cc(C(=O)O)c12. The lowest BCUT2D eigenvalue weighted by atomic mass is 10.1. The van der Waals surface area contributed by atoms with Crippen molar-refractivity contribution < 1.29 is 14.3 Å². The Labute approximate surface area is 123 Å². The molecule has 0 atom stereocenters. The van der Waals surface area contributed by atoms with Crippen molar-refractivity contribution in [1.82, 2.24) is 14.8 Å². The lowest BCUT2D eigenvalue weighted by Gasteiger charge is -2.03. The Morgan fingerprint density at radius 3 is 2.64 bits per heavy atom. The van der Waals surface area contributed by atoms with Gasteiger partial charge in [-0.3, -0.25) is 4.79 Å². The first kappa shape index (κ1) is 14.0. The number of aryl methyl sites for hydroxylation is 1. The maximum absolute atomic E-state index is 13.1. The van der Waals surface area contributed by atoms with Gasteiger partial charge in [0.25, 0.3) is 0 Å². The lowest BCUT2D eigenvalue weighted by Crippen LogP contribution is -2.11. The molecule has 3 aromatic rings. The molecule has 0 bridgehead atoms. The van der Waals surface area contributed by atoms with Gasteiger partial charge < -0.3 is 10.1 Å². The summed E-state index contributed by atoms with van der Waals surface area (Å²) in [4.78, 5) is 25.7. The quantitative estimate of drug-likeness (QED) is 0.775. The largest absolute Gasteiger partial charge is 0.478 e. The maximum Gasteiger partial charge on any atom is 0.336 e. The van der Waals surface area contributed by atoms with E-state index >= 15 is 0 Å². The minimum atomic E-state index is -1.19. The number of nitrogens with one attached hydrogen (secondary N) is 1. The number of hydrogen-bond donors (Lipinski definition) is 2. The van der Waals surface area contributed by atoms with E-state index < -0.39 is 17.3 Å². The first-order valence-corrected chi connectivity index (χ1v) is 6.65. The molecule has 0 fully saturated rings. The van der Waals surface area contributed by atoms with Crippen LogP contribution in [0.4, 0.5) is 4.39 Å². The van der Waals surface area contributed by atoms with Crippen molar-refractivity contribution in [2.24, 2.45) is 0 Å². The number of aromatic amines is 1. The first-order chi connectivity index (χ1) is 10.5. The molecule has 0 saturated heterocycles. The second-order valence-electron chi connectivity index (χ2n) is 4.76. The van der Waals surface area contributed by atoms with Crippen LogP contribution in [0.3, 0.4) is 0 Å². The van der Waals surface area contributed by atoms with E-state index in [0.717, 1.165) is 6.07 Å². The predicted molar refractivity (Wildman–Crippen MR) is 78.0 cm³/mol. The van der Waals surface area contributed by atoms with Gasteiger partial charge in [0.15, 0.2) is 0 Å². The Balaban J connectivity index is 2.40. The highest BCUT2D eigenvalue weighted by Crippen LogP contribution is 2.23. The molecule has 1 aromatic carbocycles. The van der Waals surface area contributed by atoms with E-state index in [-0.39, 0.29) is 11.2 Å². The van der Waals surface area contributed by atoms with Gasteiger partial charge in [0.05, 0.1) is 22.3 Å². The molecule has 0 spiro atoms. The molecule has 2 aromatic heterocycles. The molecule has 0 aliphatic rings. The molecule has 0 aliphatic heterocycles. The normalized spacial score (nSPS) is 11.0. The molecule has 7 heteroatoms. The fourth-order valence-electron chi connectivity index (χ4n) is 2.40. The number of carboxylic acid groups (broad SMARTS) is 1. The Kier molecular flexibility index (Phi) is 3.25. The van der Waals surface area contributed by atoms with Crippen LogP contribution in [0.1, 0.15) is 23.0 Å². The number of H-pyrrole nitrogens is 1. The van der Waals surface area contributed by atoms with Gasteiger partial charge in [0.2, 0.25) is 5.56 Å². The summed E-state index contributed by atoms with van der Waals surface area (Å²) in [6.07, 6.45) is 0.497. The van der Waals surface area contributed by atoms with E-state index in [2.05, 4.69) is 10.1 Å². The molecule has 112 valence electrons. The average Bonchev–Trinajstić information content (AvgIpc) is 2.85. The van der Waals surface area contributed by atoms with Gasteiger partial charge in [0.1, 0.15) is 11.5 Å². The van der Waals surface area contributed by atoms with Gasteiger partial charge in [-0.25, -0.2) is 13.9 Å². The highest BCUT2D eigenvalue weighted by molar-refractivity contribution is 6.03. The Hall–Kier alpha value is -2.96. The number of carbonyl (C=O) groups is 1. The van der Waals surface area contributed by atoms with Gasteiger partial charge in [0, 0.05) is 6.07 Å². The molecule has 6 nitrogen and oxygen atoms in total. The number of halogens is 1. The van der Waals surface area contributed by atoms with E-state index in [1.54, 1.807) is 0 Å². The zero-order valence-corrected chi connectivity index (χ0v) is 11.6. The van der Waals surface area contributed by atoms with Gasteiger partial charge in [-0.05, 0) is 30.7 Å². The number of aromatic carboxylic acids is 1. The number of hydrogen-bond acceptors (Lipinski definition) is 3. The molecule has 0 saturated carbocycles. The Bertz CT molecular complexity index is 926. The molecule has 0 radical (unpaired) electrons. The zero-order valence-electron chi connectivity index (χ0n) is 11.6. The van der Waals surface area contributed by atoms with E-state index in [4.69, 9.17) is 0 Å². The summed E-state index contributed by atoms with van der Waals surface area (Å²) in [5.41, 5.74) is 0.741. The second kappa shape index (κ2) is 5.10. The minimum Gasteiger partial charge on any atom is -0.478 e. The standard InChI is InChI=1S/C15H12FN3O3/c1-2-11-13-10(15(21)22)7-12(20)17-14(13)19(18-11)9-5-3-8(16)4-6-9/h3-7H,2H2,1H3,(H,17,20)(H,21,22). The molecule has 22 heavy (non-hydrogen) atoms. The molecule has 0 unspecified atom stereocenters. The molecular weight excluding hydrogens is 289 g/mol. The Morgan fingerprint density at radius 2 is 2.05 bits per heavy atom. The summed E-state index contributed by atoms with van der Waals surface area (Å²) in [7, 11) is 0. The Morgan fingerprint density at radius 1 is 1.36 bits per heavy atom. The van der Waals surface area contributed by atoms with Crippen molar-refractivity contribution in [1.29, 1.82) is 0 Å². The maximum atomic E-state index is 13.1. The van der Waals surface area contributed by atoms with Crippen LogP contribution in [0.5, 0.6) is 0 Å². The van der Waals surface area contributed by atoms with Crippen molar-refractivity contribution in [3.8, 4) is 5.69 Å². The van der Waals surface area contributed by atoms with Gasteiger partial charge in [-0.15, -0.1) is 0 Å². The van der Waals surface area contributed by atoms with E-state index in [1.807, 2.05) is 6.92 Å². The average molecular weight is 301 g/mol. The van der Waals surface area contributed by atoms with Crippen LogP contribution in [0.15, 0.2) is 35.1 Å². The van der Waals surface area contributed by atoms with E-state index in [1.165, 1.54) is 28.9 Å². The summed E-state index contributed by atoms with van der Waals surface area (Å²) in [6.45, 7) is 1.84. The second-order valence-corrected chi connectivity index (χ2v) is 4.76. The van der Waals surface area contributed by atoms with E-state index in [9.17, 15) is 19.1 Å². The van der Waals surface area contributed by atoms with Crippen LogP contribution in [-0.2, 0) is 6.42 Å². The number of fused-ring (bicyclic) bond motifs is 1. The number of benzene rings is 1. The van der Waals surface area contributed by atoms with Crippen molar-refractivity contribution >= 4 is 17.0 Å². The summed E-state index contributed by atoms with van der Waals surface area (Å²) in [6, 6.07) is 6.60. The summed E-state index contributed by atoms with van der Waals surface area (Å²) < 4.78 is 14.5. The number of carboxylic acids is 1. The van der Waals surface area contributed by atoms with Crippen LogP contribution >= 0.6 is 0 Å². The molecule has 2 heterocycles. The van der Waals surface area contributed by atoms with Crippen LogP contribution in [0, 0.1) is 5.82 Å². The number of nitrogens with zero attached hydrogens (tertiary/aromatic N) is 2. The van der Waals surface area contributed by atoms with Crippen molar-refractivity contribution in [3.05, 3.63) is 57.8 Å². The third-order valence-electron chi connectivity index (χ3n) is 3.38. The first-order valence-electron chi connectivity index (χ1n) is 6.65. The number of rotatable bonds is 3. The zero-order chi connectivity index (χ0) is 15.9. The monoisotopic (exact) mass is 301 g/mol. The smallest absolute Gasteiger partial charge is 0.336 e. The lowest BCUT2D eigenvalue weighted by molar-refractivity contribution is 0.0698. The predicted octanol–water partition coefficient (Wildman–Crippen LogP) is 2.11. The van der Waals surface area contributed by atoms with Crippen molar-refractivity contribution in [2.45, 2.75) is 13.3 Å². The fraction of sp³-hybridized carbons (Fsp3) is 0.133. The van der Waals surface area contributed by atoms with Crippen LogP contribution in [0.2, 0.25) is 0 Å². The third-order valence-corrected chi connectivity index (χ3v) is 3.38. The fourth-order valence-corrected chi connectivity index (χ4v) is 2.40. The summed E-state index contributed by atoms with van der Waals surface area (Å²) in [5.74, 6) is -1.58. The van der Waals surface area contributed by atoms with Gasteiger partial charge >= 0.3 is 5.97 Å². The molecule has 3 rings (SSSR count). The molecular formula is C15H12FN3O3. The summed E-state index contributed by atoms with van der Waals surface area (Å²) >= 11 is 0. The third kappa shape index (κ3) is 2.16. The number of pyridine rings is 1. The number of aromatic nitrogens is 3. The van der Waals surface area contributed by atoms with Crippen LogP contribution in [-0.4, -0.2) is 25.8 Å². The topological polar surface area (TPSA) is 88.0 Å². The van der Waals surface area contributed by atoms with Crippen molar-refractivity contribution in [3.63, 3.8) is 0 Å². The minimum absolute atomic E-state index is 0.0936. The van der Waals surface area contributed by atoms with Crippen LogP contribution < -0.4 is 5.56 Å². The molecule has 0 amide bonds. The molecule has 0 aliphatic carbocycles. The molecule has 2 N–H and O–H groups in total. The van der Waals surface area contributed by atoms with Gasteiger partial charge in [-0.1, -0.05) is 6.92 Å². The highest BCUT2D eigenvalue weighted by atomic mass is 19.1. The highest BCUT2D eigenvalue weighted by Gasteiger charge is 2.19.